The normalized spacial score (nSPS) is 12.9. The van der Waals surface area contributed by atoms with E-state index in [-0.39, 0.29) is 6.04 Å². The van der Waals surface area contributed by atoms with E-state index in [1.54, 1.807) is 11.3 Å². The van der Waals surface area contributed by atoms with Crippen molar-refractivity contribution in [2.24, 2.45) is 5.73 Å². The Morgan fingerprint density at radius 2 is 2.16 bits per heavy atom. The molecule has 1 aromatic carbocycles. The van der Waals surface area contributed by atoms with Crippen LogP contribution in [0.5, 0.6) is 0 Å². The zero-order chi connectivity index (χ0) is 13.8. The van der Waals surface area contributed by atoms with Gasteiger partial charge in [-0.05, 0) is 40.7 Å². The Kier molecular flexibility index (Phi) is 5.42. The van der Waals surface area contributed by atoms with Gasteiger partial charge in [-0.15, -0.1) is 11.3 Å². The van der Waals surface area contributed by atoms with Crippen LogP contribution in [0.4, 0.5) is 0 Å². The van der Waals surface area contributed by atoms with Crippen molar-refractivity contribution < 1.29 is 0 Å². The van der Waals surface area contributed by atoms with Crippen molar-refractivity contribution in [2.45, 2.75) is 12.6 Å². The summed E-state index contributed by atoms with van der Waals surface area (Å²) in [7, 11) is 2.08. The molecule has 102 valence electrons. The average molecular weight is 360 g/mol. The summed E-state index contributed by atoms with van der Waals surface area (Å²) >= 11 is 11.5. The predicted octanol–water partition coefficient (Wildman–Crippen LogP) is 4.30. The number of nitrogens with two attached hydrogens (primary N) is 1. The second-order valence-corrected chi connectivity index (χ2v) is 6.74. The van der Waals surface area contributed by atoms with Crippen molar-refractivity contribution in [1.82, 2.24) is 4.90 Å². The molecule has 2 rings (SSSR count). The maximum Gasteiger partial charge on any atom is 0.0486 e. The zero-order valence-corrected chi connectivity index (χ0v) is 13.8. The lowest BCUT2D eigenvalue weighted by molar-refractivity contribution is 0.244. The Morgan fingerprint density at radius 3 is 2.74 bits per heavy atom. The fraction of sp³-hybridized carbons (Fsp3) is 0.286. The number of hydrogen-bond acceptors (Lipinski definition) is 3. The summed E-state index contributed by atoms with van der Waals surface area (Å²) in [6, 6.07) is 10.2. The Hall–Kier alpha value is -0.390. The number of rotatable bonds is 5. The smallest absolute Gasteiger partial charge is 0.0486 e. The second kappa shape index (κ2) is 6.86. The number of thiophene rings is 1. The monoisotopic (exact) mass is 358 g/mol. The summed E-state index contributed by atoms with van der Waals surface area (Å²) in [5.41, 5.74) is 7.02. The van der Waals surface area contributed by atoms with E-state index in [4.69, 9.17) is 17.3 Å². The molecule has 0 fully saturated rings. The first-order valence-corrected chi connectivity index (χ1v) is 8.04. The van der Waals surface area contributed by atoms with Gasteiger partial charge in [0.25, 0.3) is 0 Å². The summed E-state index contributed by atoms with van der Waals surface area (Å²) < 4.78 is 1.13. The fourth-order valence-electron chi connectivity index (χ4n) is 2.08. The molecule has 19 heavy (non-hydrogen) atoms. The van der Waals surface area contributed by atoms with Crippen LogP contribution in [0.3, 0.4) is 0 Å². The molecular formula is C14H16BrClN2S. The average Bonchev–Trinajstić information content (AvgIpc) is 2.78. The number of nitrogens with zero attached hydrogens (tertiary/aromatic N) is 1. The molecule has 0 aliphatic carbocycles. The largest absolute Gasteiger partial charge is 0.329 e. The van der Waals surface area contributed by atoms with E-state index < -0.39 is 0 Å². The molecule has 0 aliphatic heterocycles. The van der Waals surface area contributed by atoms with E-state index in [0.29, 0.717) is 6.54 Å². The molecule has 5 heteroatoms. The Balaban J connectivity index is 2.15. The predicted molar refractivity (Wildman–Crippen MR) is 86.7 cm³/mol. The fourth-order valence-corrected chi connectivity index (χ4v) is 3.86. The van der Waals surface area contributed by atoms with Crippen LogP contribution < -0.4 is 5.73 Å². The van der Waals surface area contributed by atoms with Gasteiger partial charge >= 0.3 is 0 Å². The molecule has 0 amide bonds. The minimum atomic E-state index is 0.134. The highest BCUT2D eigenvalue weighted by atomic mass is 79.9. The molecule has 0 bridgehead atoms. The molecule has 2 aromatic rings. The first kappa shape index (κ1) is 15.0. The summed E-state index contributed by atoms with van der Waals surface area (Å²) in [5.74, 6) is 0. The van der Waals surface area contributed by atoms with Gasteiger partial charge in [0.15, 0.2) is 0 Å². The lowest BCUT2D eigenvalue weighted by Crippen LogP contribution is -2.30. The lowest BCUT2D eigenvalue weighted by Gasteiger charge is -2.27. The maximum absolute atomic E-state index is 6.26. The minimum Gasteiger partial charge on any atom is -0.329 e. The highest BCUT2D eigenvalue weighted by Gasteiger charge is 2.18. The van der Waals surface area contributed by atoms with Crippen LogP contribution >= 0.6 is 38.9 Å². The standard InChI is InChI=1S/C14H16BrClN2S/c1-18(8-11-6-10(15)9-19-11)14(7-17)12-4-2-3-5-13(12)16/h2-6,9,14H,7-8,17H2,1H3. The van der Waals surface area contributed by atoms with Crippen LogP contribution in [0.25, 0.3) is 0 Å². The summed E-state index contributed by atoms with van der Waals surface area (Å²) in [4.78, 5) is 3.54. The quantitative estimate of drug-likeness (QED) is 0.862. The van der Waals surface area contributed by atoms with Crippen LogP contribution in [0.1, 0.15) is 16.5 Å². The van der Waals surface area contributed by atoms with Crippen molar-refractivity contribution in [3.05, 3.63) is 55.6 Å². The molecule has 1 aromatic heterocycles. The van der Waals surface area contributed by atoms with Crippen molar-refractivity contribution in [1.29, 1.82) is 0 Å². The molecule has 0 radical (unpaired) electrons. The van der Waals surface area contributed by atoms with Gasteiger partial charge < -0.3 is 5.73 Å². The van der Waals surface area contributed by atoms with E-state index in [2.05, 4.69) is 39.3 Å². The number of halogens is 2. The second-order valence-electron chi connectivity index (χ2n) is 4.42. The molecule has 0 spiro atoms. The van der Waals surface area contributed by atoms with Crippen molar-refractivity contribution in [2.75, 3.05) is 13.6 Å². The Morgan fingerprint density at radius 1 is 1.42 bits per heavy atom. The van der Waals surface area contributed by atoms with Crippen LogP contribution in [-0.2, 0) is 6.54 Å². The van der Waals surface area contributed by atoms with Gasteiger partial charge in [0.05, 0.1) is 0 Å². The molecule has 0 aliphatic rings. The van der Waals surface area contributed by atoms with E-state index in [9.17, 15) is 0 Å². The molecule has 2 N–H and O–H groups in total. The van der Waals surface area contributed by atoms with E-state index in [1.165, 1.54) is 4.88 Å². The zero-order valence-electron chi connectivity index (χ0n) is 10.6. The third-order valence-electron chi connectivity index (χ3n) is 3.05. The van der Waals surface area contributed by atoms with Gasteiger partial charge in [-0.3, -0.25) is 4.90 Å². The molecule has 1 atom stereocenters. The van der Waals surface area contributed by atoms with Gasteiger partial charge in [0.2, 0.25) is 0 Å². The number of benzene rings is 1. The van der Waals surface area contributed by atoms with E-state index in [0.717, 1.165) is 21.6 Å². The lowest BCUT2D eigenvalue weighted by atomic mass is 10.1. The van der Waals surface area contributed by atoms with Crippen molar-refractivity contribution in [3.63, 3.8) is 0 Å². The first-order chi connectivity index (χ1) is 9.11. The number of likely N-dealkylation sites (N-methyl/N-ethyl adjacent to an activating group) is 1. The topological polar surface area (TPSA) is 29.3 Å². The third kappa shape index (κ3) is 3.80. The van der Waals surface area contributed by atoms with Crippen LogP contribution in [0.15, 0.2) is 40.2 Å². The van der Waals surface area contributed by atoms with E-state index >= 15 is 0 Å². The third-order valence-corrected chi connectivity index (χ3v) is 5.07. The van der Waals surface area contributed by atoms with Crippen LogP contribution in [0.2, 0.25) is 5.02 Å². The van der Waals surface area contributed by atoms with Crippen molar-refractivity contribution >= 4 is 38.9 Å². The van der Waals surface area contributed by atoms with Gasteiger partial charge in [0.1, 0.15) is 0 Å². The summed E-state index contributed by atoms with van der Waals surface area (Å²) in [6.07, 6.45) is 0. The molecule has 2 nitrogen and oxygen atoms in total. The molecule has 0 saturated heterocycles. The summed E-state index contributed by atoms with van der Waals surface area (Å²) in [6.45, 7) is 1.41. The summed E-state index contributed by atoms with van der Waals surface area (Å²) in [5, 5.41) is 2.87. The molecular weight excluding hydrogens is 344 g/mol. The van der Waals surface area contributed by atoms with Crippen LogP contribution in [-0.4, -0.2) is 18.5 Å². The SMILES string of the molecule is CN(Cc1cc(Br)cs1)C(CN)c1ccccc1Cl. The molecule has 1 heterocycles. The van der Waals surface area contributed by atoms with Crippen molar-refractivity contribution in [3.8, 4) is 0 Å². The molecule has 0 saturated carbocycles. The van der Waals surface area contributed by atoms with Gasteiger partial charge in [-0.2, -0.15) is 0 Å². The number of hydrogen-bond donors (Lipinski definition) is 1. The van der Waals surface area contributed by atoms with Gasteiger partial charge in [-0.1, -0.05) is 29.8 Å². The molecule has 1 unspecified atom stereocenters. The van der Waals surface area contributed by atoms with E-state index in [1.807, 2.05) is 24.3 Å². The van der Waals surface area contributed by atoms with Crippen LogP contribution in [0, 0.1) is 0 Å². The van der Waals surface area contributed by atoms with Gasteiger partial charge in [0, 0.05) is 38.9 Å². The first-order valence-electron chi connectivity index (χ1n) is 5.99. The minimum absolute atomic E-state index is 0.134. The Labute approximate surface area is 131 Å². The highest BCUT2D eigenvalue weighted by Crippen LogP contribution is 2.28. The highest BCUT2D eigenvalue weighted by molar-refractivity contribution is 9.10. The van der Waals surface area contributed by atoms with Gasteiger partial charge in [-0.25, -0.2) is 0 Å². The Bertz CT molecular complexity index is 544. The maximum atomic E-state index is 6.26.